The second kappa shape index (κ2) is 10.5. The molecule has 1 heterocycles. The molecule has 0 saturated heterocycles. The van der Waals surface area contributed by atoms with E-state index in [0.717, 1.165) is 0 Å². The number of amides is 2. The van der Waals surface area contributed by atoms with Crippen LogP contribution in [0.2, 0.25) is 10.0 Å². The standard InChI is InChI=1S/C17H19Cl2N3O4S/c1-3-26-16(23)14-10-27-15(20-14)9-22(6-7-25-2)17(24)21-13-5-4-11(18)8-12(13)19/h4-5,8,10H,3,6-7,9H2,1-2H3,(H,21,24). The number of hydrogen-bond donors (Lipinski definition) is 1. The third-order valence-electron chi connectivity index (χ3n) is 3.39. The number of rotatable bonds is 8. The minimum atomic E-state index is -0.485. The molecule has 1 aromatic carbocycles. The van der Waals surface area contributed by atoms with Crippen LogP contribution in [0.5, 0.6) is 0 Å². The zero-order valence-electron chi connectivity index (χ0n) is 14.8. The van der Waals surface area contributed by atoms with Crippen molar-refractivity contribution in [1.82, 2.24) is 9.88 Å². The molecule has 2 aromatic rings. The van der Waals surface area contributed by atoms with Crippen LogP contribution in [0.25, 0.3) is 0 Å². The van der Waals surface area contributed by atoms with Crippen LogP contribution in [0.15, 0.2) is 23.6 Å². The van der Waals surface area contributed by atoms with E-state index in [9.17, 15) is 9.59 Å². The summed E-state index contributed by atoms with van der Waals surface area (Å²) in [5, 5.41) is 5.76. The fourth-order valence-electron chi connectivity index (χ4n) is 2.08. The fraction of sp³-hybridized carbons (Fsp3) is 0.353. The lowest BCUT2D eigenvalue weighted by Crippen LogP contribution is -2.37. The van der Waals surface area contributed by atoms with E-state index in [2.05, 4.69) is 10.3 Å². The van der Waals surface area contributed by atoms with Gasteiger partial charge in [0, 0.05) is 24.1 Å². The van der Waals surface area contributed by atoms with Crippen LogP contribution in [0.3, 0.4) is 0 Å². The van der Waals surface area contributed by atoms with E-state index in [1.165, 1.54) is 16.2 Å². The van der Waals surface area contributed by atoms with Gasteiger partial charge in [-0.3, -0.25) is 0 Å². The van der Waals surface area contributed by atoms with Gasteiger partial charge in [-0.05, 0) is 25.1 Å². The number of hydrogen-bond acceptors (Lipinski definition) is 6. The van der Waals surface area contributed by atoms with Gasteiger partial charge in [-0.15, -0.1) is 11.3 Å². The molecule has 146 valence electrons. The number of urea groups is 1. The second-order valence-corrected chi connectivity index (χ2v) is 7.10. The van der Waals surface area contributed by atoms with Gasteiger partial charge in [-0.2, -0.15) is 0 Å². The van der Waals surface area contributed by atoms with Crippen LogP contribution in [0.1, 0.15) is 22.4 Å². The van der Waals surface area contributed by atoms with E-state index in [-0.39, 0.29) is 24.9 Å². The van der Waals surface area contributed by atoms with E-state index >= 15 is 0 Å². The molecule has 2 rings (SSSR count). The molecule has 0 saturated carbocycles. The normalized spacial score (nSPS) is 10.5. The Labute approximate surface area is 171 Å². The van der Waals surface area contributed by atoms with Crippen LogP contribution in [0, 0.1) is 0 Å². The summed E-state index contributed by atoms with van der Waals surface area (Å²) in [4.78, 5) is 30.1. The summed E-state index contributed by atoms with van der Waals surface area (Å²) >= 11 is 13.3. The second-order valence-electron chi connectivity index (χ2n) is 5.32. The summed E-state index contributed by atoms with van der Waals surface area (Å²) in [5.74, 6) is -0.485. The highest BCUT2D eigenvalue weighted by atomic mass is 35.5. The van der Waals surface area contributed by atoms with Crippen LogP contribution in [-0.4, -0.2) is 48.8 Å². The summed E-state index contributed by atoms with van der Waals surface area (Å²) < 4.78 is 10.00. The Kier molecular flexibility index (Phi) is 8.30. The van der Waals surface area contributed by atoms with Gasteiger partial charge >= 0.3 is 12.0 Å². The van der Waals surface area contributed by atoms with Crippen molar-refractivity contribution in [2.45, 2.75) is 13.5 Å². The summed E-state index contributed by atoms with van der Waals surface area (Å²) in [6.07, 6.45) is 0. The van der Waals surface area contributed by atoms with Crippen molar-refractivity contribution in [3.63, 3.8) is 0 Å². The van der Waals surface area contributed by atoms with Crippen molar-refractivity contribution < 1.29 is 19.1 Å². The lowest BCUT2D eigenvalue weighted by atomic mass is 10.3. The topological polar surface area (TPSA) is 80.8 Å². The number of anilines is 1. The number of carbonyl (C=O) groups is 2. The number of nitrogens with one attached hydrogen (secondary N) is 1. The third kappa shape index (κ3) is 6.35. The van der Waals surface area contributed by atoms with Crippen molar-refractivity contribution in [3.8, 4) is 0 Å². The van der Waals surface area contributed by atoms with Gasteiger partial charge in [0.15, 0.2) is 5.69 Å². The number of carbonyl (C=O) groups excluding carboxylic acids is 2. The van der Waals surface area contributed by atoms with Gasteiger partial charge in [0.05, 0.1) is 30.5 Å². The lowest BCUT2D eigenvalue weighted by molar-refractivity contribution is 0.0520. The maximum Gasteiger partial charge on any atom is 0.357 e. The Hall–Kier alpha value is -1.87. The first-order valence-corrected chi connectivity index (χ1v) is 9.69. The maximum absolute atomic E-state index is 12.7. The van der Waals surface area contributed by atoms with Crippen LogP contribution < -0.4 is 5.32 Å². The first-order chi connectivity index (χ1) is 12.9. The van der Waals surface area contributed by atoms with E-state index in [4.69, 9.17) is 32.7 Å². The van der Waals surface area contributed by atoms with Crippen LogP contribution in [0.4, 0.5) is 10.5 Å². The van der Waals surface area contributed by atoms with Gasteiger partial charge in [0.1, 0.15) is 5.01 Å². The Morgan fingerprint density at radius 2 is 2.11 bits per heavy atom. The van der Waals surface area contributed by atoms with E-state index in [1.807, 2.05) is 0 Å². The highest BCUT2D eigenvalue weighted by Gasteiger charge is 2.19. The number of halogens is 2. The molecule has 7 nitrogen and oxygen atoms in total. The average molecular weight is 432 g/mol. The minimum absolute atomic E-state index is 0.213. The minimum Gasteiger partial charge on any atom is -0.461 e. The van der Waals surface area contributed by atoms with Crippen LogP contribution >= 0.6 is 34.5 Å². The molecule has 0 unspecified atom stereocenters. The fourth-order valence-corrected chi connectivity index (χ4v) is 3.32. The van der Waals surface area contributed by atoms with Gasteiger partial charge < -0.3 is 19.7 Å². The molecule has 0 spiro atoms. The molecular weight excluding hydrogens is 413 g/mol. The summed E-state index contributed by atoms with van der Waals surface area (Å²) in [5.41, 5.74) is 0.671. The van der Waals surface area contributed by atoms with Gasteiger partial charge in [0.25, 0.3) is 0 Å². The zero-order valence-corrected chi connectivity index (χ0v) is 17.2. The van der Waals surface area contributed by atoms with Crippen molar-refractivity contribution in [2.75, 3.05) is 32.2 Å². The van der Waals surface area contributed by atoms with E-state index < -0.39 is 5.97 Å². The Morgan fingerprint density at radius 3 is 2.78 bits per heavy atom. The molecule has 0 radical (unpaired) electrons. The molecule has 0 aliphatic carbocycles. The quantitative estimate of drug-likeness (QED) is 0.629. The monoisotopic (exact) mass is 431 g/mol. The maximum atomic E-state index is 12.7. The number of methoxy groups -OCH3 is 1. The Morgan fingerprint density at radius 1 is 1.33 bits per heavy atom. The average Bonchev–Trinajstić information content (AvgIpc) is 3.10. The Balaban J connectivity index is 2.09. The number of thiazole rings is 1. The zero-order chi connectivity index (χ0) is 19.8. The number of aromatic nitrogens is 1. The van der Waals surface area contributed by atoms with Crippen LogP contribution in [-0.2, 0) is 16.0 Å². The predicted molar refractivity (Wildman–Crippen MR) is 106 cm³/mol. The number of esters is 1. The molecule has 1 aromatic heterocycles. The predicted octanol–water partition coefficient (Wildman–Crippen LogP) is 4.31. The third-order valence-corrected chi connectivity index (χ3v) is 4.77. The number of benzene rings is 1. The molecular formula is C17H19Cl2N3O4S. The van der Waals surface area contributed by atoms with E-state index in [1.54, 1.807) is 37.6 Å². The summed E-state index contributed by atoms with van der Waals surface area (Å²) in [7, 11) is 1.55. The molecule has 0 bridgehead atoms. The first-order valence-electron chi connectivity index (χ1n) is 8.06. The number of ether oxygens (including phenoxy) is 2. The van der Waals surface area contributed by atoms with Crippen molar-refractivity contribution in [3.05, 3.63) is 44.3 Å². The SMILES string of the molecule is CCOC(=O)c1csc(CN(CCOC)C(=O)Nc2ccc(Cl)cc2Cl)n1. The smallest absolute Gasteiger partial charge is 0.357 e. The van der Waals surface area contributed by atoms with Crippen molar-refractivity contribution in [2.24, 2.45) is 0 Å². The highest BCUT2D eigenvalue weighted by Crippen LogP contribution is 2.26. The molecule has 0 aliphatic rings. The van der Waals surface area contributed by atoms with E-state index in [0.29, 0.717) is 33.9 Å². The molecule has 2 amide bonds. The molecule has 1 N–H and O–H groups in total. The van der Waals surface area contributed by atoms with Crippen molar-refractivity contribution >= 4 is 52.2 Å². The number of nitrogens with zero attached hydrogens (tertiary/aromatic N) is 2. The highest BCUT2D eigenvalue weighted by molar-refractivity contribution is 7.09. The van der Waals surface area contributed by atoms with Gasteiger partial charge in [-0.1, -0.05) is 23.2 Å². The molecule has 10 heteroatoms. The summed E-state index contributed by atoms with van der Waals surface area (Å²) in [6.45, 7) is 2.89. The Bertz CT molecular complexity index is 800. The molecule has 0 aliphatic heterocycles. The molecule has 0 atom stereocenters. The molecule has 0 fully saturated rings. The molecule has 27 heavy (non-hydrogen) atoms. The lowest BCUT2D eigenvalue weighted by Gasteiger charge is -2.22. The van der Waals surface area contributed by atoms with Crippen molar-refractivity contribution in [1.29, 1.82) is 0 Å². The first kappa shape index (κ1) is 21.4. The largest absolute Gasteiger partial charge is 0.461 e. The van der Waals surface area contributed by atoms with Gasteiger partial charge in [-0.25, -0.2) is 14.6 Å². The van der Waals surface area contributed by atoms with Gasteiger partial charge in [0.2, 0.25) is 0 Å². The summed E-state index contributed by atoms with van der Waals surface area (Å²) in [6, 6.07) is 4.43.